The molecule has 0 aliphatic heterocycles. The molecular formula is C15H17IN4O3. The number of hydrogen-bond acceptors (Lipinski definition) is 4. The van der Waals surface area contributed by atoms with Crippen LogP contribution in [0.15, 0.2) is 53.5 Å². The Balaban J connectivity index is 0.00000264. The van der Waals surface area contributed by atoms with E-state index in [1.807, 2.05) is 12.1 Å². The summed E-state index contributed by atoms with van der Waals surface area (Å²) in [7, 11) is 1.59. The van der Waals surface area contributed by atoms with Crippen LogP contribution in [0.25, 0.3) is 0 Å². The van der Waals surface area contributed by atoms with Gasteiger partial charge >= 0.3 is 0 Å². The molecule has 0 heterocycles. The number of nitro benzene ring substituents is 1. The molecular weight excluding hydrogens is 411 g/mol. The largest absolute Gasteiger partial charge is 0.497 e. The Kier molecular flexibility index (Phi) is 7.26. The summed E-state index contributed by atoms with van der Waals surface area (Å²) >= 11 is 0. The lowest BCUT2D eigenvalue weighted by molar-refractivity contribution is -0.384. The maximum absolute atomic E-state index is 10.7. The highest BCUT2D eigenvalue weighted by molar-refractivity contribution is 14.0. The molecule has 2 rings (SSSR count). The predicted octanol–water partition coefficient (Wildman–Crippen LogP) is 3.15. The second-order valence-corrected chi connectivity index (χ2v) is 4.48. The molecule has 3 N–H and O–H groups in total. The lowest BCUT2D eigenvalue weighted by Gasteiger charge is -2.06. The number of nitro groups is 1. The smallest absolute Gasteiger partial charge is 0.269 e. The summed E-state index contributed by atoms with van der Waals surface area (Å²) in [5, 5.41) is 13.6. The standard InChI is InChI=1S/C15H16N4O3.HI/c1-22-14-7-5-12(6-8-14)18-15(16)17-10-11-3-2-4-13(9-11)19(20)21;/h2-9H,10H2,1H3,(H3,16,17,18);1H. The first kappa shape index (κ1) is 18.7. The summed E-state index contributed by atoms with van der Waals surface area (Å²) in [5.74, 6) is 0.981. The van der Waals surface area contributed by atoms with Gasteiger partial charge in [-0.3, -0.25) is 10.1 Å². The molecule has 0 saturated carbocycles. The Morgan fingerprint density at radius 3 is 2.61 bits per heavy atom. The number of halogens is 1. The first-order valence-electron chi connectivity index (χ1n) is 6.53. The summed E-state index contributed by atoms with van der Waals surface area (Å²) in [5.41, 5.74) is 7.33. The van der Waals surface area contributed by atoms with E-state index in [1.165, 1.54) is 12.1 Å². The number of methoxy groups -OCH3 is 1. The highest BCUT2D eigenvalue weighted by atomic mass is 127. The number of rotatable bonds is 5. The lowest BCUT2D eigenvalue weighted by Crippen LogP contribution is -2.22. The van der Waals surface area contributed by atoms with Crippen LogP contribution in [0.3, 0.4) is 0 Å². The predicted molar refractivity (Wildman–Crippen MR) is 100 cm³/mol. The number of nitrogens with zero attached hydrogens (tertiary/aromatic N) is 2. The van der Waals surface area contributed by atoms with Crippen LogP contribution in [-0.2, 0) is 6.54 Å². The third kappa shape index (κ3) is 5.74. The van der Waals surface area contributed by atoms with Gasteiger partial charge < -0.3 is 15.8 Å². The molecule has 2 aromatic carbocycles. The summed E-state index contributed by atoms with van der Waals surface area (Å²) in [6.07, 6.45) is 0. The fourth-order valence-electron chi connectivity index (χ4n) is 1.81. The number of non-ortho nitro benzene ring substituents is 1. The monoisotopic (exact) mass is 428 g/mol. The fraction of sp³-hybridized carbons (Fsp3) is 0.133. The van der Waals surface area contributed by atoms with Crippen molar-refractivity contribution < 1.29 is 9.66 Å². The second kappa shape index (κ2) is 8.93. The molecule has 0 radical (unpaired) electrons. The summed E-state index contributed by atoms with van der Waals surface area (Å²) in [6, 6.07) is 13.5. The number of ether oxygens (including phenoxy) is 1. The molecule has 0 aliphatic rings. The van der Waals surface area contributed by atoms with E-state index >= 15 is 0 Å². The Labute approximate surface area is 150 Å². The average molecular weight is 428 g/mol. The lowest BCUT2D eigenvalue weighted by atomic mass is 10.2. The van der Waals surface area contributed by atoms with Gasteiger partial charge in [0.1, 0.15) is 5.75 Å². The van der Waals surface area contributed by atoms with Crippen LogP contribution in [0.2, 0.25) is 0 Å². The molecule has 0 amide bonds. The summed E-state index contributed by atoms with van der Waals surface area (Å²) < 4.78 is 5.07. The quantitative estimate of drug-likeness (QED) is 0.251. The molecule has 122 valence electrons. The molecule has 23 heavy (non-hydrogen) atoms. The van der Waals surface area contributed by atoms with Gasteiger partial charge in [-0.25, -0.2) is 4.99 Å². The van der Waals surface area contributed by atoms with Gasteiger partial charge in [-0.1, -0.05) is 12.1 Å². The summed E-state index contributed by atoms with van der Waals surface area (Å²) in [4.78, 5) is 14.4. The zero-order chi connectivity index (χ0) is 15.9. The minimum absolute atomic E-state index is 0. The molecule has 8 heteroatoms. The maximum atomic E-state index is 10.7. The van der Waals surface area contributed by atoms with Crippen molar-refractivity contribution in [3.63, 3.8) is 0 Å². The fourth-order valence-corrected chi connectivity index (χ4v) is 1.81. The van der Waals surface area contributed by atoms with Crippen LogP contribution in [0.4, 0.5) is 11.4 Å². The van der Waals surface area contributed by atoms with Crippen molar-refractivity contribution >= 4 is 41.3 Å². The minimum Gasteiger partial charge on any atom is -0.497 e. The zero-order valence-corrected chi connectivity index (χ0v) is 14.8. The Hall–Kier alpha value is -2.36. The first-order chi connectivity index (χ1) is 10.6. The molecule has 0 saturated heterocycles. The van der Waals surface area contributed by atoms with E-state index in [9.17, 15) is 10.1 Å². The molecule has 0 aromatic heterocycles. The van der Waals surface area contributed by atoms with Gasteiger partial charge in [-0.15, -0.1) is 24.0 Å². The van der Waals surface area contributed by atoms with Gasteiger partial charge in [0.25, 0.3) is 5.69 Å². The Bertz CT molecular complexity index is 689. The second-order valence-electron chi connectivity index (χ2n) is 4.48. The highest BCUT2D eigenvalue weighted by Crippen LogP contribution is 2.15. The van der Waals surface area contributed by atoms with Crippen LogP contribution in [0.5, 0.6) is 5.75 Å². The molecule has 7 nitrogen and oxygen atoms in total. The van der Waals surface area contributed by atoms with Crippen LogP contribution < -0.4 is 15.8 Å². The van der Waals surface area contributed by atoms with Crippen molar-refractivity contribution in [2.75, 3.05) is 12.4 Å². The number of hydrogen-bond donors (Lipinski definition) is 2. The zero-order valence-electron chi connectivity index (χ0n) is 12.4. The van der Waals surface area contributed by atoms with Crippen LogP contribution >= 0.6 is 24.0 Å². The van der Waals surface area contributed by atoms with E-state index in [1.54, 1.807) is 31.4 Å². The van der Waals surface area contributed by atoms with E-state index < -0.39 is 4.92 Å². The van der Waals surface area contributed by atoms with Crippen molar-refractivity contribution in [3.05, 3.63) is 64.2 Å². The van der Waals surface area contributed by atoms with Gasteiger partial charge in [0.05, 0.1) is 18.6 Å². The number of anilines is 1. The molecule has 2 aromatic rings. The van der Waals surface area contributed by atoms with Crippen molar-refractivity contribution in [2.45, 2.75) is 6.54 Å². The normalized spacial score (nSPS) is 10.6. The Morgan fingerprint density at radius 2 is 2.00 bits per heavy atom. The van der Waals surface area contributed by atoms with Gasteiger partial charge in [-0.2, -0.15) is 0 Å². The number of benzene rings is 2. The van der Waals surface area contributed by atoms with Crippen LogP contribution in [0, 0.1) is 10.1 Å². The van der Waals surface area contributed by atoms with Gasteiger partial charge in [0.2, 0.25) is 0 Å². The van der Waals surface area contributed by atoms with Crippen molar-refractivity contribution in [2.24, 2.45) is 10.7 Å². The van der Waals surface area contributed by atoms with Crippen molar-refractivity contribution in [1.29, 1.82) is 0 Å². The molecule has 0 fully saturated rings. The summed E-state index contributed by atoms with van der Waals surface area (Å²) in [6.45, 7) is 0.261. The Morgan fingerprint density at radius 1 is 1.30 bits per heavy atom. The van der Waals surface area contributed by atoms with Gasteiger partial charge in [-0.05, 0) is 29.8 Å². The topological polar surface area (TPSA) is 103 Å². The van der Waals surface area contributed by atoms with Crippen LogP contribution in [-0.4, -0.2) is 18.0 Å². The molecule has 0 unspecified atom stereocenters. The average Bonchev–Trinajstić information content (AvgIpc) is 2.54. The molecule has 0 aliphatic carbocycles. The number of nitrogens with one attached hydrogen (secondary N) is 1. The minimum atomic E-state index is -0.438. The number of aliphatic imine (C=N–C) groups is 1. The van der Waals surface area contributed by atoms with Crippen molar-refractivity contribution in [1.82, 2.24) is 0 Å². The molecule has 0 atom stereocenters. The van der Waals surface area contributed by atoms with Crippen LogP contribution in [0.1, 0.15) is 5.56 Å². The van der Waals surface area contributed by atoms with Gasteiger partial charge in [0, 0.05) is 17.8 Å². The first-order valence-corrected chi connectivity index (χ1v) is 6.53. The van der Waals surface area contributed by atoms with Crippen molar-refractivity contribution in [3.8, 4) is 5.75 Å². The SMILES string of the molecule is COc1ccc(NC(N)=NCc2cccc([N+](=O)[O-])c2)cc1.I. The number of nitrogens with two attached hydrogens (primary N) is 1. The van der Waals surface area contributed by atoms with E-state index in [0.29, 0.717) is 5.56 Å². The van der Waals surface area contributed by atoms with E-state index in [2.05, 4.69) is 10.3 Å². The third-order valence-electron chi connectivity index (χ3n) is 2.92. The van der Waals surface area contributed by atoms with E-state index in [4.69, 9.17) is 10.5 Å². The maximum Gasteiger partial charge on any atom is 0.269 e. The van der Waals surface area contributed by atoms with Gasteiger partial charge in [0.15, 0.2) is 5.96 Å². The van der Waals surface area contributed by atoms with E-state index in [0.717, 1.165) is 11.4 Å². The highest BCUT2D eigenvalue weighted by Gasteiger charge is 2.05. The third-order valence-corrected chi connectivity index (χ3v) is 2.92. The molecule has 0 spiro atoms. The van der Waals surface area contributed by atoms with E-state index in [-0.39, 0.29) is 42.2 Å². The molecule has 0 bridgehead atoms. The number of guanidine groups is 1.